The highest BCUT2D eigenvalue weighted by Crippen LogP contribution is 2.26. The quantitative estimate of drug-likeness (QED) is 0.637. The number of nitrogens with two attached hydrogens (primary N) is 1. The van der Waals surface area contributed by atoms with Crippen LogP contribution in [0.15, 0.2) is 18.2 Å². The third-order valence-electron chi connectivity index (χ3n) is 2.32. The Hall–Kier alpha value is -0.100. The highest BCUT2D eigenvalue weighted by Gasteiger charge is 2.13. The third-order valence-corrected chi connectivity index (χ3v) is 4.13. The predicted molar refractivity (Wildman–Crippen MR) is 73.1 cm³/mol. The van der Waals surface area contributed by atoms with Gasteiger partial charge in [0.05, 0.1) is 5.69 Å². The first-order chi connectivity index (χ1) is 6.77. The Bertz CT molecular complexity index is 324. The van der Waals surface area contributed by atoms with E-state index >= 15 is 0 Å². The smallest absolute Gasteiger partial charge is 0.0503 e. The van der Waals surface area contributed by atoms with Crippen LogP contribution in [0.2, 0.25) is 0 Å². The van der Waals surface area contributed by atoms with Crippen molar-refractivity contribution in [2.24, 2.45) is 0 Å². The second kappa shape index (κ2) is 4.61. The molecule has 0 amide bonds. The van der Waals surface area contributed by atoms with Crippen LogP contribution in [0.4, 0.5) is 11.4 Å². The Morgan fingerprint density at radius 2 is 2.00 bits per heavy atom. The molecule has 76 valence electrons. The summed E-state index contributed by atoms with van der Waals surface area (Å²) in [5.74, 6) is 2.47. The van der Waals surface area contributed by atoms with Crippen molar-refractivity contribution >= 4 is 45.7 Å². The molecule has 2 N–H and O–H groups in total. The average Bonchev–Trinajstić information content (AvgIpc) is 2.19. The summed E-state index contributed by atoms with van der Waals surface area (Å²) in [5, 5.41) is 0. The van der Waals surface area contributed by atoms with Gasteiger partial charge in [0.2, 0.25) is 0 Å². The second-order valence-corrected chi connectivity index (χ2v) is 5.70. The van der Waals surface area contributed by atoms with E-state index in [1.54, 1.807) is 0 Å². The molecule has 0 aromatic heterocycles. The van der Waals surface area contributed by atoms with Gasteiger partial charge in [0.1, 0.15) is 0 Å². The van der Waals surface area contributed by atoms with Gasteiger partial charge in [0, 0.05) is 33.9 Å². The molecular weight excluding hydrogens is 307 g/mol. The Kier molecular flexibility index (Phi) is 3.43. The molecule has 0 unspecified atom stereocenters. The minimum Gasteiger partial charge on any atom is -0.399 e. The fourth-order valence-electron chi connectivity index (χ4n) is 1.58. The van der Waals surface area contributed by atoms with Gasteiger partial charge in [-0.15, -0.1) is 0 Å². The maximum atomic E-state index is 5.73. The Labute approximate surface area is 102 Å². The van der Waals surface area contributed by atoms with Gasteiger partial charge in [-0.2, -0.15) is 11.8 Å². The second-order valence-electron chi connectivity index (χ2n) is 3.31. The van der Waals surface area contributed by atoms with Crippen LogP contribution in [0.1, 0.15) is 0 Å². The summed E-state index contributed by atoms with van der Waals surface area (Å²) in [4.78, 5) is 2.44. The van der Waals surface area contributed by atoms with Gasteiger partial charge < -0.3 is 10.6 Å². The summed E-state index contributed by atoms with van der Waals surface area (Å²) < 4.78 is 1.26. The van der Waals surface area contributed by atoms with Gasteiger partial charge in [0.25, 0.3) is 0 Å². The largest absolute Gasteiger partial charge is 0.399 e. The van der Waals surface area contributed by atoms with Crippen LogP contribution in [-0.2, 0) is 0 Å². The van der Waals surface area contributed by atoms with Crippen molar-refractivity contribution in [1.82, 2.24) is 0 Å². The van der Waals surface area contributed by atoms with Gasteiger partial charge in [0.15, 0.2) is 0 Å². The fourth-order valence-corrected chi connectivity index (χ4v) is 3.37. The normalized spacial score (nSPS) is 17.1. The van der Waals surface area contributed by atoms with Crippen LogP contribution < -0.4 is 10.6 Å². The van der Waals surface area contributed by atoms with Crippen LogP contribution in [0, 0.1) is 3.57 Å². The van der Waals surface area contributed by atoms with E-state index < -0.39 is 0 Å². The molecule has 0 radical (unpaired) electrons. The zero-order valence-electron chi connectivity index (χ0n) is 7.87. The first kappa shape index (κ1) is 10.4. The summed E-state index contributed by atoms with van der Waals surface area (Å²) in [6.45, 7) is 2.31. The first-order valence-electron chi connectivity index (χ1n) is 4.65. The monoisotopic (exact) mass is 320 g/mol. The van der Waals surface area contributed by atoms with E-state index in [1.807, 2.05) is 23.9 Å². The van der Waals surface area contributed by atoms with E-state index in [2.05, 4.69) is 33.6 Å². The standard InChI is InChI=1S/C10H13IN2S/c11-9-7-8(12)1-2-10(9)13-3-5-14-6-4-13/h1-2,7H,3-6,12H2. The molecule has 1 aromatic carbocycles. The number of anilines is 2. The number of hydrogen-bond donors (Lipinski definition) is 1. The lowest BCUT2D eigenvalue weighted by molar-refractivity contribution is 0.856. The molecule has 2 rings (SSSR count). The number of rotatable bonds is 1. The zero-order valence-corrected chi connectivity index (χ0v) is 10.8. The summed E-state index contributed by atoms with van der Waals surface area (Å²) >= 11 is 4.39. The van der Waals surface area contributed by atoms with Gasteiger partial charge in [-0.1, -0.05) is 0 Å². The van der Waals surface area contributed by atoms with E-state index in [9.17, 15) is 0 Å². The lowest BCUT2D eigenvalue weighted by atomic mass is 10.2. The van der Waals surface area contributed by atoms with E-state index in [4.69, 9.17) is 5.73 Å². The molecular formula is C10H13IN2S. The highest BCUT2D eigenvalue weighted by molar-refractivity contribution is 14.1. The zero-order chi connectivity index (χ0) is 9.97. The number of nitrogens with zero attached hydrogens (tertiary/aromatic N) is 1. The lowest BCUT2D eigenvalue weighted by Crippen LogP contribution is -2.32. The minimum atomic E-state index is 0.851. The van der Waals surface area contributed by atoms with E-state index in [0.717, 1.165) is 18.8 Å². The average molecular weight is 320 g/mol. The maximum Gasteiger partial charge on any atom is 0.0503 e. The minimum absolute atomic E-state index is 0.851. The molecule has 14 heavy (non-hydrogen) atoms. The fraction of sp³-hybridized carbons (Fsp3) is 0.400. The molecule has 2 nitrogen and oxygen atoms in total. The van der Waals surface area contributed by atoms with Crippen molar-refractivity contribution in [3.8, 4) is 0 Å². The number of benzene rings is 1. The number of thioether (sulfide) groups is 1. The van der Waals surface area contributed by atoms with Crippen LogP contribution in [0.5, 0.6) is 0 Å². The number of nitrogen functional groups attached to an aromatic ring is 1. The molecule has 0 saturated carbocycles. The molecule has 1 aliphatic heterocycles. The SMILES string of the molecule is Nc1ccc(N2CCSCC2)c(I)c1. The predicted octanol–water partition coefficient (Wildman–Crippen LogP) is 2.43. The van der Waals surface area contributed by atoms with Crippen molar-refractivity contribution in [3.63, 3.8) is 0 Å². The van der Waals surface area contributed by atoms with E-state index in [-0.39, 0.29) is 0 Å². The molecule has 1 fully saturated rings. The van der Waals surface area contributed by atoms with Crippen LogP contribution in [0.25, 0.3) is 0 Å². The van der Waals surface area contributed by atoms with E-state index in [0.29, 0.717) is 0 Å². The summed E-state index contributed by atoms with van der Waals surface area (Å²) in [7, 11) is 0. The molecule has 0 atom stereocenters. The summed E-state index contributed by atoms with van der Waals surface area (Å²) in [6, 6.07) is 6.16. The molecule has 1 heterocycles. The Balaban J connectivity index is 2.22. The molecule has 4 heteroatoms. The third kappa shape index (κ3) is 2.28. The van der Waals surface area contributed by atoms with Gasteiger partial charge in [-0.05, 0) is 40.8 Å². The summed E-state index contributed by atoms with van der Waals surface area (Å²) in [5.41, 5.74) is 7.91. The van der Waals surface area contributed by atoms with Gasteiger partial charge in [-0.3, -0.25) is 0 Å². The lowest BCUT2D eigenvalue weighted by Gasteiger charge is -2.29. The maximum absolute atomic E-state index is 5.73. The van der Waals surface area contributed by atoms with Crippen molar-refractivity contribution in [1.29, 1.82) is 0 Å². The Morgan fingerprint density at radius 3 is 2.64 bits per heavy atom. The summed E-state index contributed by atoms with van der Waals surface area (Å²) in [6.07, 6.45) is 0. The molecule has 1 saturated heterocycles. The highest BCUT2D eigenvalue weighted by atomic mass is 127. The van der Waals surface area contributed by atoms with Crippen molar-refractivity contribution in [2.45, 2.75) is 0 Å². The van der Waals surface area contributed by atoms with Gasteiger partial charge >= 0.3 is 0 Å². The van der Waals surface area contributed by atoms with Crippen molar-refractivity contribution < 1.29 is 0 Å². The number of hydrogen-bond acceptors (Lipinski definition) is 3. The van der Waals surface area contributed by atoms with Gasteiger partial charge in [-0.25, -0.2) is 0 Å². The molecule has 1 aromatic rings. The van der Waals surface area contributed by atoms with E-state index in [1.165, 1.54) is 20.8 Å². The van der Waals surface area contributed by atoms with Crippen molar-refractivity contribution in [3.05, 3.63) is 21.8 Å². The topological polar surface area (TPSA) is 29.3 Å². The van der Waals surface area contributed by atoms with Crippen LogP contribution in [-0.4, -0.2) is 24.6 Å². The molecule has 0 bridgehead atoms. The molecule has 0 spiro atoms. The molecule has 0 aliphatic carbocycles. The molecule has 1 aliphatic rings. The Morgan fingerprint density at radius 1 is 1.29 bits per heavy atom. The number of halogens is 1. The van der Waals surface area contributed by atoms with Crippen LogP contribution >= 0.6 is 34.4 Å². The first-order valence-corrected chi connectivity index (χ1v) is 6.88. The van der Waals surface area contributed by atoms with Crippen molar-refractivity contribution in [2.75, 3.05) is 35.2 Å². The van der Waals surface area contributed by atoms with Crippen LogP contribution in [0.3, 0.4) is 0 Å².